The summed E-state index contributed by atoms with van der Waals surface area (Å²) in [6, 6.07) is 0. The number of ether oxygens (including phenoxy) is 1. The largest absolute Gasteiger partial charge is 0.385 e. The van der Waals surface area contributed by atoms with Gasteiger partial charge >= 0.3 is 0 Å². The summed E-state index contributed by atoms with van der Waals surface area (Å²) < 4.78 is 5.17. The number of rotatable bonds is 4. The molecule has 0 amide bonds. The second kappa shape index (κ2) is 5.34. The van der Waals surface area contributed by atoms with Crippen molar-refractivity contribution >= 4 is 0 Å². The van der Waals surface area contributed by atoms with E-state index in [1.54, 1.807) is 0 Å². The minimum absolute atomic E-state index is 0.968. The van der Waals surface area contributed by atoms with Gasteiger partial charge in [-0.15, -0.1) is 0 Å². The van der Waals surface area contributed by atoms with Gasteiger partial charge in [0.2, 0.25) is 0 Å². The Hall–Kier alpha value is -0.0400. The zero-order valence-corrected chi connectivity index (χ0v) is 10.4. The van der Waals surface area contributed by atoms with E-state index in [2.05, 4.69) is 6.92 Å². The van der Waals surface area contributed by atoms with Gasteiger partial charge in [-0.25, -0.2) is 0 Å². The van der Waals surface area contributed by atoms with Crippen LogP contribution in [0.25, 0.3) is 0 Å². The SMILES string of the molecule is COCCC1CCC(C2CC(C)C2)CC1. The van der Waals surface area contributed by atoms with Crippen molar-refractivity contribution in [3.63, 3.8) is 0 Å². The topological polar surface area (TPSA) is 9.23 Å². The maximum Gasteiger partial charge on any atom is 0.0464 e. The van der Waals surface area contributed by atoms with Crippen LogP contribution < -0.4 is 0 Å². The van der Waals surface area contributed by atoms with E-state index in [9.17, 15) is 0 Å². The molecule has 0 aromatic heterocycles. The lowest BCUT2D eigenvalue weighted by molar-refractivity contribution is 0.0850. The lowest BCUT2D eigenvalue weighted by Crippen LogP contribution is -2.31. The van der Waals surface area contributed by atoms with Crippen LogP contribution in [-0.4, -0.2) is 13.7 Å². The molecule has 0 aromatic carbocycles. The quantitative estimate of drug-likeness (QED) is 0.684. The summed E-state index contributed by atoms with van der Waals surface area (Å²) in [6.45, 7) is 3.37. The highest BCUT2D eigenvalue weighted by Gasteiger charge is 2.34. The van der Waals surface area contributed by atoms with E-state index >= 15 is 0 Å². The van der Waals surface area contributed by atoms with Crippen LogP contribution in [0.4, 0.5) is 0 Å². The van der Waals surface area contributed by atoms with Crippen molar-refractivity contribution in [2.75, 3.05) is 13.7 Å². The minimum Gasteiger partial charge on any atom is -0.385 e. The molecule has 2 aliphatic carbocycles. The molecule has 2 saturated carbocycles. The van der Waals surface area contributed by atoms with Crippen molar-refractivity contribution in [3.8, 4) is 0 Å². The normalized spacial score (nSPS) is 41.2. The van der Waals surface area contributed by atoms with E-state index in [0.29, 0.717) is 0 Å². The van der Waals surface area contributed by atoms with Gasteiger partial charge in [-0.3, -0.25) is 0 Å². The first kappa shape index (κ1) is 11.4. The molecule has 1 nitrogen and oxygen atoms in total. The van der Waals surface area contributed by atoms with E-state index in [1.807, 2.05) is 7.11 Å². The molecule has 2 fully saturated rings. The van der Waals surface area contributed by atoms with E-state index in [1.165, 1.54) is 44.9 Å². The second-order valence-corrected chi connectivity index (χ2v) is 5.90. The van der Waals surface area contributed by atoms with E-state index in [0.717, 1.165) is 30.3 Å². The van der Waals surface area contributed by atoms with Gasteiger partial charge in [0.05, 0.1) is 0 Å². The molecule has 0 radical (unpaired) electrons. The molecule has 0 heterocycles. The van der Waals surface area contributed by atoms with E-state index < -0.39 is 0 Å². The molecule has 0 N–H and O–H groups in total. The average Bonchev–Trinajstić information content (AvgIpc) is 2.23. The third kappa shape index (κ3) is 2.96. The molecule has 0 bridgehead atoms. The molecule has 0 atom stereocenters. The van der Waals surface area contributed by atoms with Crippen LogP contribution in [0.2, 0.25) is 0 Å². The van der Waals surface area contributed by atoms with Crippen molar-refractivity contribution in [3.05, 3.63) is 0 Å². The second-order valence-electron chi connectivity index (χ2n) is 5.90. The van der Waals surface area contributed by atoms with E-state index in [-0.39, 0.29) is 0 Å². The van der Waals surface area contributed by atoms with Gasteiger partial charge in [-0.05, 0) is 55.8 Å². The summed E-state index contributed by atoms with van der Waals surface area (Å²) in [4.78, 5) is 0. The maximum absolute atomic E-state index is 5.17. The summed E-state index contributed by atoms with van der Waals surface area (Å²) in [7, 11) is 1.82. The van der Waals surface area contributed by atoms with Gasteiger partial charge in [-0.2, -0.15) is 0 Å². The molecule has 0 aromatic rings. The fraction of sp³-hybridized carbons (Fsp3) is 1.00. The summed E-state index contributed by atoms with van der Waals surface area (Å²) in [5, 5.41) is 0. The Balaban J connectivity index is 1.64. The van der Waals surface area contributed by atoms with Crippen LogP contribution in [0.3, 0.4) is 0 Å². The zero-order chi connectivity index (χ0) is 10.7. The Morgan fingerprint density at radius 1 is 1.00 bits per heavy atom. The highest BCUT2D eigenvalue weighted by Crippen LogP contribution is 2.45. The first-order chi connectivity index (χ1) is 7.29. The van der Waals surface area contributed by atoms with Gasteiger partial charge in [0.25, 0.3) is 0 Å². The summed E-state index contributed by atoms with van der Waals surface area (Å²) in [5.41, 5.74) is 0. The molecule has 0 spiro atoms. The molecule has 88 valence electrons. The van der Waals surface area contributed by atoms with Crippen LogP contribution >= 0.6 is 0 Å². The Morgan fingerprint density at radius 3 is 2.20 bits per heavy atom. The Morgan fingerprint density at radius 2 is 1.67 bits per heavy atom. The summed E-state index contributed by atoms with van der Waals surface area (Å²) in [5.74, 6) is 4.18. The summed E-state index contributed by atoms with van der Waals surface area (Å²) in [6.07, 6.45) is 10.3. The molecule has 0 saturated heterocycles. The first-order valence-electron chi connectivity index (χ1n) is 6.78. The van der Waals surface area contributed by atoms with Crippen molar-refractivity contribution in [2.24, 2.45) is 23.7 Å². The van der Waals surface area contributed by atoms with Crippen LogP contribution in [0.1, 0.15) is 51.9 Å². The Kier molecular flexibility index (Phi) is 4.07. The van der Waals surface area contributed by atoms with Crippen molar-refractivity contribution < 1.29 is 4.74 Å². The zero-order valence-electron chi connectivity index (χ0n) is 10.4. The van der Waals surface area contributed by atoms with Crippen molar-refractivity contribution in [1.82, 2.24) is 0 Å². The monoisotopic (exact) mass is 210 g/mol. The standard InChI is InChI=1S/C14H26O/c1-11-9-14(10-11)13-5-3-12(4-6-13)7-8-15-2/h11-14H,3-10H2,1-2H3. The van der Waals surface area contributed by atoms with Crippen molar-refractivity contribution in [1.29, 1.82) is 0 Å². The lowest BCUT2D eigenvalue weighted by Gasteiger charge is -2.42. The average molecular weight is 210 g/mol. The highest BCUT2D eigenvalue weighted by atomic mass is 16.5. The number of hydrogen-bond donors (Lipinski definition) is 0. The molecule has 15 heavy (non-hydrogen) atoms. The summed E-state index contributed by atoms with van der Waals surface area (Å²) >= 11 is 0. The van der Waals surface area contributed by atoms with Gasteiger partial charge in [-0.1, -0.05) is 19.8 Å². The fourth-order valence-electron chi connectivity index (χ4n) is 3.58. The van der Waals surface area contributed by atoms with Gasteiger partial charge in [0, 0.05) is 13.7 Å². The maximum atomic E-state index is 5.17. The first-order valence-corrected chi connectivity index (χ1v) is 6.78. The van der Waals surface area contributed by atoms with Gasteiger partial charge in [0.1, 0.15) is 0 Å². The molecule has 0 aliphatic heterocycles. The molecular formula is C14H26O. The van der Waals surface area contributed by atoms with E-state index in [4.69, 9.17) is 4.74 Å². The molecule has 2 rings (SSSR count). The number of hydrogen-bond acceptors (Lipinski definition) is 1. The lowest BCUT2D eigenvalue weighted by atomic mass is 9.64. The molecule has 1 heteroatoms. The Labute approximate surface area is 94.6 Å². The van der Waals surface area contributed by atoms with Crippen LogP contribution in [0, 0.1) is 23.7 Å². The molecule has 2 aliphatic rings. The molecular weight excluding hydrogens is 184 g/mol. The third-order valence-electron chi connectivity index (χ3n) is 4.70. The van der Waals surface area contributed by atoms with Crippen LogP contribution in [0.15, 0.2) is 0 Å². The third-order valence-corrected chi connectivity index (χ3v) is 4.70. The Bertz CT molecular complexity index is 176. The highest BCUT2D eigenvalue weighted by molar-refractivity contribution is 4.85. The van der Waals surface area contributed by atoms with Gasteiger partial charge < -0.3 is 4.74 Å². The van der Waals surface area contributed by atoms with Crippen LogP contribution in [0.5, 0.6) is 0 Å². The fourth-order valence-corrected chi connectivity index (χ4v) is 3.58. The smallest absolute Gasteiger partial charge is 0.0464 e. The number of methoxy groups -OCH3 is 1. The van der Waals surface area contributed by atoms with Crippen LogP contribution in [-0.2, 0) is 4.74 Å². The molecule has 0 unspecified atom stereocenters. The predicted octanol–water partition coefficient (Wildman–Crippen LogP) is 3.88. The predicted molar refractivity (Wildman–Crippen MR) is 63.8 cm³/mol. The van der Waals surface area contributed by atoms with Crippen molar-refractivity contribution in [2.45, 2.75) is 51.9 Å². The minimum atomic E-state index is 0.968. The van der Waals surface area contributed by atoms with Gasteiger partial charge in [0.15, 0.2) is 0 Å².